The Hall–Kier alpha value is -0.450. The highest BCUT2D eigenvalue weighted by Crippen LogP contribution is 2.36. The lowest BCUT2D eigenvalue weighted by Gasteiger charge is -2.14. The average molecular weight is 367 g/mol. The van der Waals surface area contributed by atoms with Gasteiger partial charge in [0.15, 0.2) is 11.5 Å². The Bertz CT molecular complexity index is 400. The molecule has 5 heteroatoms. The van der Waals surface area contributed by atoms with Crippen molar-refractivity contribution in [2.75, 3.05) is 20.3 Å². The normalized spacial score (nSPS) is 10.3. The molecule has 1 rings (SSSR count). The molecule has 0 aliphatic rings. The molecule has 20 heavy (non-hydrogen) atoms. The van der Waals surface area contributed by atoms with Gasteiger partial charge in [-0.15, -0.1) is 12.4 Å². The van der Waals surface area contributed by atoms with Crippen LogP contribution in [0.15, 0.2) is 16.6 Å². The van der Waals surface area contributed by atoms with Crippen LogP contribution in [0.1, 0.15) is 32.8 Å². The summed E-state index contributed by atoms with van der Waals surface area (Å²) in [4.78, 5) is 0. The number of halogens is 2. The lowest BCUT2D eigenvalue weighted by molar-refractivity contribution is 0.308. The third-order valence-corrected chi connectivity index (χ3v) is 3.39. The van der Waals surface area contributed by atoms with Gasteiger partial charge in [0.2, 0.25) is 0 Å². The summed E-state index contributed by atoms with van der Waals surface area (Å²) in [5.74, 6) is 2.28. The maximum absolute atomic E-state index is 5.58. The second-order valence-corrected chi connectivity index (χ2v) is 5.76. The van der Waals surface area contributed by atoms with E-state index < -0.39 is 0 Å². The SMILES string of the molecule is CCOc1c(Br)cc(CNCCC(C)C)cc1OC.Cl. The van der Waals surface area contributed by atoms with Crippen molar-refractivity contribution in [3.05, 3.63) is 22.2 Å². The third kappa shape index (κ3) is 6.33. The van der Waals surface area contributed by atoms with E-state index in [-0.39, 0.29) is 12.4 Å². The number of ether oxygens (including phenoxy) is 2. The second-order valence-electron chi connectivity index (χ2n) is 4.90. The molecule has 0 aliphatic carbocycles. The van der Waals surface area contributed by atoms with Gasteiger partial charge in [0, 0.05) is 6.54 Å². The Morgan fingerprint density at radius 3 is 2.55 bits per heavy atom. The molecule has 0 saturated carbocycles. The van der Waals surface area contributed by atoms with E-state index in [1.54, 1.807) is 7.11 Å². The summed E-state index contributed by atoms with van der Waals surface area (Å²) in [6.45, 7) is 8.93. The number of hydrogen-bond acceptors (Lipinski definition) is 3. The smallest absolute Gasteiger partial charge is 0.175 e. The first-order chi connectivity index (χ1) is 9.08. The quantitative estimate of drug-likeness (QED) is 0.691. The molecule has 3 nitrogen and oxygen atoms in total. The molecule has 0 amide bonds. The van der Waals surface area contributed by atoms with Gasteiger partial charge in [-0.2, -0.15) is 0 Å². The maximum Gasteiger partial charge on any atom is 0.175 e. The molecule has 0 saturated heterocycles. The summed E-state index contributed by atoms with van der Waals surface area (Å²) in [5, 5.41) is 3.45. The van der Waals surface area contributed by atoms with Crippen molar-refractivity contribution in [3.63, 3.8) is 0 Å². The molecule has 0 unspecified atom stereocenters. The molecule has 116 valence electrons. The topological polar surface area (TPSA) is 30.5 Å². The number of benzene rings is 1. The molecule has 1 N–H and O–H groups in total. The van der Waals surface area contributed by atoms with Gasteiger partial charge in [-0.3, -0.25) is 0 Å². The van der Waals surface area contributed by atoms with Crippen molar-refractivity contribution in [2.45, 2.75) is 33.7 Å². The van der Waals surface area contributed by atoms with E-state index in [1.165, 1.54) is 12.0 Å². The number of rotatable bonds is 8. The van der Waals surface area contributed by atoms with E-state index >= 15 is 0 Å². The maximum atomic E-state index is 5.58. The van der Waals surface area contributed by atoms with Crippen molar-refractivity contribution < 1.29 is 9.47 Å². The molecule has 0 bridgehead atoms. The van der Waals surface area contributed by atoms with Gasteiger partial charge in [0.05, 0.1) is 18.2 Å². The molecule has 0 fully saturated rings. The highest BCUT2D eigenvalue weighted by molar-refractivity contribution is 9.10. The number of methoxy groups -OCH3 is 1. The number of nitrogens with one attached hydrogen (secondary N) is 1. The minimum atomic E-state index is 0. The predicted octanol–water partition coefficient (Wildman–Crippen LogP) is 4.41. The minimum Gasteiger partial charge on any atom is -0.493 e. The van der Waals surface area contributed by atoms with Crippen LogP contribution in [-0.4, -0.2) is 20.3 Å². The summed E-state index contributed by atoms with van der Waals surface area (Å²) in [6, 6.07) is 4.11. The molecule has 0 atom stereocenters. The van der Waals surface area contributed by atoms with Crippen LogP contribution >= 0.6 is 28.3 Å². The minimum absolute atomic E-state index is 0. The van der Waals surface area contributed by atoms with Crippen molar-refractivity contribution in [3.8, 4) is 11.5 Å². The van der Waals surface area contributed by atoms with Gasteiger partial charge in [-0.25, -0.2) is 0 Å². The van der Waals surface area contributed by atoms with Crippen molar-refractivity contribution in [1.82, 2.24) is 5.32 Å². The highest BCUT2D eigenvalue weighted by atomic mass is 79.9. The standard InChI is InChI=1S/C15H24BrNO2.ClH/c1-5-19-15-13(16)8-12(9-14(15)18-4)10-17-7-6-11(2)3;/h8-9,11,17H,5-7,10H2,1-4H3;1H. The second kappa shape index (κ2) is 10.3. The van der Waals surface area contributed by atoms with E-state index in [2.05, 4.69) is 41.2 Å². The fraction of sp³-hybridized carbons (Fsp3) is 0.600. The lowest BCUT2D eigenvalue weighted by atomic mass is 10.1. The van der Waals surface area contributed by atoms with Crippen LogP contribution in [-0.2, 0) is 6.54 Å². The third-order valence-electron chi connectivity index (χ3n) is 2.81. The van der Waals surface area contributed by atoms with Gasteiger partial charge in [0.1, 0.15) is 0 Å². The molecule has 1 aromatic rings. The summed E-state index contributed by atoms with van der Waals surface area (Å²) < 4.78 is 11.9. The molecule has 0 aromatic heterocycles. The fourth-order valence-corrected chi connectivity index (χ4v) is 2.39. The Balaban J connectivity index is 0.00000361. The van der Waals surface area contributed by atoms with Gasteiger partial charge < -0.3 is 14.8 Å². The monoisotopic (exact) mass is 365 g/mol. The van der Waals surface area contributed by atoms with Crippen LogP contribution in [0.4, 0.5) is 0 Å². The number of hydrogen-bond donors (Lipinski definition) is 1. The van der Waals surface area contributed by atoms with Crippen molar-refractivity contribution in [1.29, 1.82) is 0 Å². The predicted molar refractivity (Wildman–Crippen MR) is 90.3 cm³/mol. The summed E-state index contributed by atoms with van der Waals surface area (Å²) in [6.07, 6.45) is 1.19. The summed E-state index contributed by atoms with van der Waals surface area (Å²) >= 11 is 3.54. The molecular weight excluding hydrogens is 342 g/mol. The lowest BCUT2D eigenvalue weighted by Crippen LogP contribution is -2.16. The van der Waals surface area contributed by atoms with Gasteiger partial charge in [0.25, 0.3) is 0 Å². The van der Waals surface area contributed by atoms with Crippen LogP contribution in [0, 0.1) is 5.92 Å². The highest BCUT2D eigenvalue weighted by Gasteiger charge is 2.11. The largest absolute Gasteiger partial charge is 0.493 e. The summed E-state index contributed by atoms with van der Waals surface area (Å²) in [5.41, 5.74) is 1.19. The van der Waals surface area contributed by atoms with Gasteiger partial charge in [-0.05, 0) is 59.4 Å². The van der Waals surface area contributed by atoms with Crippen LogP contribution in [0.5, 0.6) is 11.5 Å². The van der Waals surface area contributed by atoms with E-state index in [1.807, 2.05) is 13.0 Å². The van der Waals surface area contributed by atoms with Crippen LogP contribution < -0.4 is 14.8 Å². The first-order valence-corrected chi connectivity index (χ1v) is 7.57. The zero-order valence-corrected chi connectivity index (χ0v) is 15.1. The molecule has 1 aromatic carbocycles. The van der Waals surface area contributed by atoms with E-state index in [0.717, 1.165) is 35.0 Å². The average Bonchev–Trinajstić information content (AvgIpc) is 2.37. The first-order valence-electron chi connectivity index (χ1n) is 6.78. The Morgan fingerprint density at radius 2 is 2.00 bits per heavy atom. The molecule has 0 heterocycles. The molecule has 0 aliphatic heterocycles. The zero-order chi connectivity index (χ0) is 14.3. The summed E-state index contributed by atoms with van der Waals surface area (Å²) in [7, 11) is 1.67. The Morgan fingerprint density at radius 1 is 1.30 bits per heavy atom. The molecule has 0 spiro atoms. The Kier molecular flexibility index (Phi) is 10.1. The van der Waals surface area contributed by atoms with Crippen LogP contribution in [0.3, 0.4) is 0 Å². The molecule has 0 radical (unpaired) electrons. The van der Waals surface area contributed by atoms with Crippen molar-refractivity contribution >= 4 is 28.3 Å². The molecular formula is C15H25BrClNO2. The van der Waals surface area contributed by atoms with E-state index in [0.29, 0.717) is 6.61 Å². The van der Waals surface area contributed by atoms with Gasteiger partial charge in [-0.1, -0.05) is 13.8 Å². The van der Waals surface area contributed by atoms with Crippen molar-refractivity contribution in [2.24, 2.45) is 5.92 Å². The van der Waals surface area contributed by atoms with Crippen LogP contribution in [0.2, 0.25) is 0 Å². The van der Waals surface area contributed by atoms with Crippen LogP contribution in [0.25, 0.3) is 0 Å². The van der Waals surface area contributed by atoms with E-state index in [9.17, 15) is 0 Å². The fourth-order valence-electron chi connectivity index (χ4n) is 1.78. The van der Waals surface area contributed by atoms with E-state index in [4.69, 9.17) is 9.47 Å². The Labute approximate surface area is 137 Å². The zero-order valence-electron chi connectivity index (χ0n) is 12.7. The first kappa shape index (κ1) is 19.6. The van der Waals surface area contributed by atoms with Gasteiger partial charge >= 0.3 is 0 Å².